The van der Waals surface area contributed by atoms with E-state index in [4.69, 9.17) is 16.3 Å². The van der Waals surface area contributed by atoms with Crippen LogP contribution in [0.5, 0.6) is 0 Å². The molecule has 1 rings (SSSR count). The molecule has 0 aliphatic rings. The quantitative estimate of drug-likeness (QED) is 0.612. The highest BCUT2D eigenvalue weighted by Gasteiger charge is 2.18. The Labute approximate surface area is 81.7 Å². The van der Waals surface area contributed by atoms with Crippen LogP contribution in [-0.4, -0.2) is 13.0 Å². The number of hydrogen-bond donors (Lipinski definition) is 1. The third-order valence-electron chi connectivity index (χ3n) is 1.51. The Hall–Kier alpha value is -0.780. The first-order valence-corrected chi connectivity index (χ1v) is 5.15. The average Bonchev–Trinajstić information content (AvgIpc) is 2.02. The van der Waals surface area contributed by atoms with E-state index in [0.29, 0.717) is 9.39 Å². The summed E-state index contributed by atoms with van der Waals surface area (Å²) in [5.74, 6) is 0. The van der Waals surface area contributed by atoms with Crippen LogP contribution in [-0.2, 0) is 10.3 Å². The van der Waals surface area contributed by atoms with Gasteiger partial charge in [0.05, 0.1) is 5.69 Å². The van der Waals surface area contributed by atoms with Crippen molar-refractivity contribution < 1.29 is 13.0 Å². The fraction of sp³-hybridized carbons (Fsp3) is 0.143. The molecule has 0 saturated heterocycles. The summed E-state index contributed by atoms with van der Waals surface area (Å²) in [6.45, 7) is 1.69. The van der Waals surface area contributed by atoms with Crippen molar-refractivity contribution in [3.8, 4) is 0 Å². The normalized spacial score (nSPS) is 11.3. The molecule has 0 radical (unpaired) electrons. The maximum Gasteiger partial charge on any atom is 0.374 e. The molecular weight excluding hydrogens is 214 g/mol. The molecule has 13 heavy (non-hydrogen) atoms. The first kappa shape index (κ1) is 10.3. The van der Waals surface area contributed by atoms with Gasteiger partial charge in [0.15, 0.2) is 0 Å². The predicted molar refractivity (Wildman–Crippen MR) is 51.1 cm³/mol. The fourth-order valence-corrected chi connectivity index (χ4v) is 1.53. The summed E-state index contributed by atoms with van der Waals surface area (Å²) >= 11 is 5.38. The van der Waals surface area contributed by atoms with Gasteiger partial charge in [0, 0.05) is 11.8 Å². The van der Waals surface area contributed by atoms with Crippen LogP contribution in [0, 0.1) is 6.92 Å². The molecule has 0 aliphatic carbocycles. The molecule has 0 saturated carbocycles. The smallest absolute Gasteiger partial charge is 0.268 e. The zero-order valence-electron chi connectivity index (χ0n) is 6.81. The summed E-state index contributed by atoms with van der Waals surface area (Å²) in [5, 5.41) is 0. The number of benzene rings is 1. The van der Waals surface area contributed by atoms with Crippen LogP contribution in [0.1, 0.15) is 5.56 Å². The lowest BCUT2D eigenvalue weighted by molar-refractivity contribution is 0.485. The number of aryl methyl sites for hydroxylation is 1. The first-order valence-electron chi connectivity index (χ1n) is 3.42. The van der Waals surface area contributed by atoms with Gasteiger partial charge in [-0.05, 0) is 18.6 Å². The average molecular weight is 222 g/mol. The van der Waals surface area contributed by atoms with Crippen LogP contribution in [0.3, 0.4) is 0 Å². The number of anilines is 1. The highest BCUT2D eigenvalue weighted by molar-refractivity contribution is 7.88. The Balaban J connectivity index is 3.17. The molecule has 0 fully saturated rings. The third-order valence-corrected chi connectivity index (χ3v) is 2.81. The van der Waals surface area contributed by atoms with Crippen LogP contribution >= 0.6 is 11.8 Å². The van der Waals surface area contributed by atoms with E-state index < -0.39 is 10.3 Å². The van der Waals surface area contributed by atoms with Crippen molar-refractivity contribution in [1.29, 1.82) is 0 Å². The summed E-state index contributed by atoms with van der Waals surface area (Å²) in [6.07, 6.45) is 0. The van der Waals surface area contributed by atoms with Crippen LogP contribution in [0.25, 0.3) is 0 Å². The Morgan fingerprint density at radius 2 is 1.92 bits per heavy atom. The molecule has 0 unspecified atom stereocenters. The van der Waals surface area contributed by atoms with Crippen molar-refractivity contribution in [2.45, 2.75) is 6.92 Å². The maximum absolute atomic E-state index is 10.6. The summed E-state index contributed by atoms with van der Waals surface area (Å²) < 4.78 is 30.2. The number of halogens is 1. The number of hydrogen-bond acceptors (Lipinski definition) is 2. The molecule has 0 amide bonds. The van der Waals surface area contributed by atoms with Crippen molar-refractivity contribution in [3.05, 3.63) is 29.8 Å². The van der Waals surface area contributed by atoms with Gasteiger partial charge in [0.2, 0.25) is 0 Å². The zero-order chi connectivity index (χ0) is 10.1. The summed E-state index contributed by atoms with van der Waals surface area (Å²) in [5.41, 5.74) is 0.904. The lowest BCUT2D eigenvalue weighted by Crippen LogP contribution is -2.20. The molecule has 0 atom stereocenters. The SMILES string of the molecule is Cc1ccccc1N(Cl)S(=O)(=O)O. The molecule has 1 aromatic carbocycles. The van der Waals surface area contributed by atoms with Crippen molar-refractivity contribution in [2.24, 2.45) is 0 Å². The predicted octanol–water partition coefficient (Wildman–Crippen LogP) is 1.76. The molecule has 1 aromatic rings. The van der Waals surface area contributed by atoms with E-state index in [1.165, 1.54) is 6.07 Å². The van der Waals surface area contributed by atoms with Crippen molar-refractivity contribution in [1.82, 2.24) is 0 Å². The summed E-state index contributed by atoms with van der Waals surface area (Å²) in [6, 6.07) is 6.56. The van der Waals surface area contributed by atoms with Gasteiger partial charge < -0.3 is 0 Å². The van der Waals surface area contributed by atoms with Gasteiger partial charge in [-0.25, -0.2) is 0 Å². The molecule has 6 heteroatoms. The van der Waals surface area contributed by atoms with Crippen molar-refractivity contribution in [3.63, 3.8) is 0 Å². The topological polar surface area (TPSA) is 57.6 Å². The molecular formula is C7H8ClNO3S. The Kier molecular flexibility index (Phi) is 2.80. The van der Waals surface area contributed by atoms with Gasteiger partial charge in [0.25, 0.3) is 0 Å². The second-order valence-corrected chi connectivity index (χ2v) is 4.28. The van der Waals surface area contributed by atoms with E-state index in [0.717, 1.165) is 0 Å². The van der Waals surface area contributed by atoms with Crippen LogP contribution in [0.4, 0.5) is 5.69 Å². The molecule has 1 N–H and O–H groups in total. The third kappa shape index (κ3) is 2.33. The number of para-hydroxylation sites is 1. The Bertz CT molecular complexity index is 404. The highest BCUT2D eigenvalue weighted by Crippen LogP contribution is 2.23. The minimum absolute atomic E-state index is 0.242. The van der Waals surface area contributed by atoms with Gasteiger partial charge in [-0.1, -0.05) is 18.2 Å². The number of nitrogens with zero attached hydrogens (tertiary/aromatic N) is 1. The zero-order valence-corrected chi connectivity index (χ0v) is 8.38. The molecule has 0 heterocycles. The largest absolute Gasteiger partial charge is 0.374 e. The molecule has 0 aromatic heterocycles. The van der Waals surface area contributed by atoms with E-state index in [2.05, 4.69) is 0 Å². The van der Waals surface area contributed by atoms with E-state index in [-0.39, 0.29) is 5.69 Å². The number of rotatable bonds is 2. The minimum Gasteiger partial charge on any atom is -0.268 e. The van der Waals surface area contributed by atoms with Gasteiger partial charge >= 0.3 is 10.3 Å². The monoisotopic (exact) mass is 221 g/mol. The van der Waals surface area contributed by atoms with Crippen molar-refractivity contribution in [2.75, 3.05) is 3.82 Å². The van der Waals surface area contributed by atoms with Gasteiger partial charge in [-0.3, -0.25) is 4.55 Å². The maximum atomic E-state index is 10.6. The summed E-state index contributed by atoms with van der Waals surface area (Å²) in [7, 11) is -4.38. The molecule has 72 valence electrons. The van der Waals surface area contributed by atoms with Crippen LogP contribution < -0.4 is 3.82 Å². The first-order chi connectivity index (χ1) is 5.93. The van der Waals surface area contributed by atoms with E-state index in [1.54, 1.807) is 25.1 Å². The molecule has 4 nitrogen and oxygen atoms in total. The second kappa shape index (κ2) is 3.53. The standard InChI is InChI=1S/C7H8ClNO3S/c1-6-4-2-3-5-7(6)9(8)13(10,11)12/h2-5H,1H3,(H,10,11,12). The van der Waals surface area contributed by atoms with E-state index in [1.807, 2.05) is 0 Å². The van der Waals surface area contributed by atoms with Gasteiger partial charge in [-0.2, -0.15) is 12.2 Å². The van der Waals surface area contributed by atoms with Gasteiger partial charge in [-0.15, -0.1) is 0 Å². The Morgan fingerprint density at radius 1 is 1.38 bits per heavy atom. The minimum atomic E-state index is -4.38. The van der Waals surface area contributed by atoms with Gasteiger partial charge in [0.1, 0.15) is 0 Å². The molecule has 0 bridgehead atoms. The Morgan fingerprint density at radius 3 is 2.38 bits per heavy atom. The molecule has 0 spiro atoms. The second-order valence-electron chi connectivity index (χ2n) is 2.48. The van der Waals surface area contributed by atoms with E-state index >= 15 is 0 Å². The van der Waals surface area contributed by atoms with Crippen molar-refractivity contribution >= 4 is 27.8 Å². The highest BCUT2D eigenvalue weighted by atomic mass is 35.5. The fourth-order valence-electron chi connectivity index (χ4n) is 0.885. The lowest BCUT2D eigenvalue weighted by Gasteiger charge is -2.13. The van der Waals surface area contributed by atoms with Crippen LogP contribution in [0.2, 0.25) is 0 Å². The van der Waals surface area contributed by atoms with E-state index in [9.17, 15) is 8.42 Å². The summed E-state index contributed by atoms with van der Waals surface area (Å²) in [4.78, 5) is 0. The van der Waals surface area contributed by atoms with Crippen LogP contribution in [0.15, 0.2) is 24.3 Å². The lowest BCUT2D eigenvalue weighted by atomic mass is 10.2. The molecule has 0 aliphatic heterocycles.